The molecule has 1 atom stereocenters. The van der Waals surface area contributed by atoms with E-state index in [1.54, 1.807) is 0 Å². The lowest BCUT2D eigenvalue weighted by molar-refractivity contribution is 0.671. The molecule has 1 unspecified atom stereocenters. The predicted molar refractivity (Wildman–Crippen MR) is 76.6 cm³/mol. The smallest absolute Gasteiger partial charge is 0.148 e. The van der Waals surface area contributed by atoms with E-state index in [1.165, 1.54) is 6.33 Å². The number of nitrogens with zero attached hydrogens (tertiary/aromatic N) is 4. The lowest BCUT2D eigenvalue weighted by Crippen LogP contribution is -2.30. The summed E-state index contributed by atoms with van der Waals surface area (Å²) in [7, 11) is 0. The molecule has 0 saturated heterocycles. The first kappa shape index (κ1) is 15.2. The Hall–Kier alpha value is -1.87. The molecule has 0 amide bonds. The van der Waals surface area contributed by atoms with Crippen molar-refractivity contribution in [2.24, 2.45) is 11.8 Å². The molecule has 0 aliphatic carbocycles. The molecule has 19 heavy (non-hydrogen) atoms. The zero-order valence-electron chi connectivity index (χ0n) is 12.0. The lowest BCUT2D eigenvalue weighted by Gasteiger charge is -2.27. The van der Waals surface area contributed by atoms with E-state index in [9.17, 15) is 0 Å². The van der Waals surface area contributed by atoms with Crippen LogP contribution in [-0.2, 0) is 0 Å². The van der Waals surface area contributed by atoms with Crippen molar-refractivity contribution in [3.05, 3.63) is 11.9 Å². The van der Waals surface area contributed by atoms with Crippen LogP contribution in [0.1, 0.15) is 39.2 Å². The van der Waals surface area contributed by atoms with E-state index in [1.807, 2.05) is 13.8 Å². The van der Waals surface area contributed by atoms with E-state index in [0.29, 0.717) is 12.4 Å². The van der Waals surface area contributed by atoms with Gasteiger partial charge in [-0.1, -0.05) is 13.8 Å². The Balaban J connectivity index is 3.20. The normalized spacial score (nSPS) is 12.1. The summed E-state index contributed by atoms with van der Waals surface area (Å²) in [6.45, 7) is 9.53. The van der Waals surface area contributed by atoms with Crippen molar-refractivity contribution >= 4 is 11.6 Å². The van der Waals surface area contributed by atoms with Crippen LogP contribution in [0.4, 0.5) is 11.6 Å². The van der Waals surface area contributed by atoms with Gasteiger partial charge in [0, 0.05) is 18.7 Å². The number of nitrogen functional groups attached to an aromatic ring is 1. The van der Waals surface area contributed by atoms with Crippen molar-refractivity contribution in [1.29, 1.82) is 5.26 Å². The molecule has 0 aliphatic rings. The second-order valence-corrected chi connectivity index (χ2v) is 4.83. The summed E-state index contributed by atoms with van der Waals surface area (Å²) in [5.41, 5.74) is 3.60. The summed E-state index contributed by atoms with van der Waals surface area (Å²) < 4.78 is 0. The highest BCUT2D eigenvalue weighted by atomic mass is 15.3. The number of hydrogen-bond acceptors (Lipinski definition) is 6. The number of hydrazine groups is 1. The van der Waals surface area contributed by atoms with E-state index in [2.05, 4.69) is 40.2 Å². The summed E-state index contributed by atoms with van der Waals surface area (Å²) in [5, 5.41) is 8.96. The zero-order valence-corrected chi connectivity index (χ0v) is 12.0. The molecule has 104 valence electrons. The molecule has 6 nitrogen and oxygen atoms in total. The van der Waals surface area contributed by atoms with Crippen LogP contribution in [0.15, 0.2) is 6.33 Å². The molecule has 1 rings (SSSR count). The van der Waals surface area contributed by atoms with Gasteiger partial charge >= 0.3 is 0 Å². The molecular formula is C13H22N6. The van der Waals surface area contributed by atoms with Gasteiger partial charge in [-0.25, -0.2) is 15.8 Å². The summed E-state index contributed by atoms with van der Waals surface area (Å²) >= 11 is 0. The maximum Gasteiger partial charge on any atom is 0.148 e. The van der Waals surface area contributed by atoms with Gasteiger partial charge in [-0.05, 0) is 19.8 Å². The van der Waals surface area contributed by atoms with Crippen molar-refractivity contribution in [2.75, 3.05) is 23.4 Å². The largest absolute Gasteiger partial charge is 0.355 e. The summed E-state index contributed by atoms with van der Waals surface area (Å²) in [4.78, 5) is 10.6. The van der Waals surface area contributed by atoms with Gasteiger partial charge in [-0.2, -0.15) is 5.26 Å². The number of nitrogens with two attached hydrogens (primary N) is 1. The number of anilines is 2. The number of aromatic nitrogens is 2. The van der Waals surface area contributed by atoms with E-state index in [0.717, 1.165) is 17.9 Å². The fourth-order valence-corrected chi connectivity index (χ4v) is 2.02. The first-order valence-electron chi connectivity index (χ1n) is 6.51. The number of nitrogens with one attached hydrogen (secondary N) is 1. The second kappa shape index (κ2) is 6.90. The minimum atomic E-state index is -0.0517. The first-order chi connectivity index (χ1) is 9.04. The van der Waals surface area contributed by atoms with Gasteiger partial charge in [0.25, 0.3) is 0 Å². The molecule has 0 spiro atoms. The molecular weight excluding hydrogens is 240 g/mol. The minimum absolute atomic E-state index is 0.0517. The highest BCUT2D eigenvalue weighted by Gasteiger charge is 2.19. The lowest BCUT2D eigenvalue weighted by atomic mass is 10.0. The molecule has 0 fully saturated rings. The molecule has 0 aromatic carbocycles. The van der Waals surface area contributed by atoms with Crippen LogP contribution in [0.25, 0.3) is 0 Å². The van der Waals surface area contributed by atoms with E-state index < -0.39 is 0 Å². The van der Waals surface area contributed by atoms with Crippen LogP contribution >= 0.6 is 0 Å². The van der Waals surface area contributed by atoms with Gasteiger partial charge in [-0.15, -0.1) is 0 Å². The molecule has 0 aliphatic heterocycles. The summed E-state index contributed by atoms with van der Waals surface area (Å²) in [6, 6.07) is 2.25. The van der Waals surface area contributed by atoms with Crippen LogP contribution in [0, 0.1) is 17.2 Å². The zero-order chi connectivity index (χ0) is 14.4. The fraction of sp³-hybridized carbons (Fsp3) is 0.615. The van der Waals surface area contributed by atoms with Gasteiger partial charge in [0.05, 0.1) is 12.0 Å². The maximum absolute atomic E-state index is 8.96. The summed E-state index contributed by atoms with van der Waals surface area (Å²) in [5.74, 6) is 7.20. The first-order valence-corrected chi connectivity index (χ1v) is 6.51. The molecule has 1 heterocycles. The Morgan fingerprint density at radius 2 is 2.11 bits per heavy atom. The molecule has 0 radical (unpaired) electrons. The molecule has 0 saturated carbocycles. The minimum Gasteiger partial charge on any atom is -0.355 e. The Labute approximate surface area is 114 Å². The number of hydrogen-bond donors (Lipinski definition) is 2. The Bertz CT molecular complexity index is 451. The SMILES string of the molecule is CCN(CC(C)C#N)c1ncnc(NN)c1C(C)C. The molecule has 1 aromatic rings. The predicted octanol–water partition coefficient (Wildman–Crippen LogP) is 1.87. The quantitative estimate of drug-likeness (QED) is 0.600. The average Bonchev–Trinajstić information content (AvgIpc) is 2.43. The summed E-state index contributed by atoms with van der Waals surface area (Å²) in [6.07, 6.45) is 1.50. The van der Waals surface area contributed by atoms with Crippen molar-refractivity contribution < 1.29 is 0 Å². The van der Waals surface area contributed by atoms with Crippen molar-refractivity contribution in [3.8, 4) is 6.07 Å². The van der Waals surface area contributed by atoms with E-state index >= 15 is 0 Å². The van der Waals surface area contributed by atoms with E-state index in [-0.39, 0.29) is 11.8 Å². The van der Waals surface area contributed by atoms with Crippen LogP contribution in [0.5, 0.6) is 0 Å². The van der Waals surface area contributed by atoms with Gasteiger partial charge in [0.2, 0.25) is 0 Å². The molecule has 0 bridgehead atoms. The number of nitriles is 1. The van der Waals surface area contributed by atoms with Gasteiger partial charge in [-0.3, -0.25) is 0 Å². The Morgan fingerprint density at radius 3 is 2.58 bits per heavy atom. The molecule has 6 heteroatoms. The second-order valence-electron chi connectivity index (χ2n) is 4.83. The topological polar surface area (TPSA) is 90.9 Å². The van der Waals surface area contributed by atoms with E-state index in [4.69, 9.17) is 11.1 Å². The average molecular weight is 262 g/mol. The van der Waals surface area contributed by atoms with Crippen LogP contribution in [-0.4, -0.2) is 23.1 Å². The highest BCUT2D eigenvalue weighted by Crippen LogP contribution is 2.30. The van der Waals surface area contributed by atoms with Crippen molar-refractivity contribution in [1.82, 2.24) is 9.97 Å². The fourth-order valence-electron chi connectivity index (χ4n) is 2.02. The third kappa shape index (κ3) is 3.55. The van der Waals surface area contributed by atoms with Crippen molar-refractivity contribution in [2.45, 2.75) is 33.6 Å². The Morgan fingerprint density at radius 1 is 1.42 bits per heavy atom. The van der Waals surface area contributed by atoms with Crippen LogP contribution in [0.2, 0.25) is 0 Å². The number of rotatable bonds is 6. The monoisotopic (exact) mass is 262 g/mol. The molecule has 3 N–H and O–H groups in total. The van der Waals surface area contributed by atoms with Crippen molar-refractivity contribution in [3.63, 3.8) is 0 Å². The standard InChI is InChI=1S/C13H22N6/c1-5-19(7-10(4)6-14)13-11(9(2)3)12(18-15)16-8-17-13/h8-10H,5,7,15H2,1-4H3,(H,16,17,18). The van der Waals surface area contributed by atoms with Gasteiger partial charge in [0.15, 0.2) is 0 Å². The van der Waals surface area contributed by atoms with Crippen LogP contribution < -0.4 is 16.2 Å². The van der Waals surface area contributed by atoms with Gasteiger partial charge in [0.1, 0.15) is 18.0 Å². The van der Waals surface area contributed by atoms with Gasteiger partial charge < -0.3 is 10.3 Å². The maximum atomic E-state index is 8.96. The third-order valence-corrected chi connectivity index (χ3v) is 2.97. The Kier molecular flexibility index (Phi) is 5.52. The third-order valence-electron chi connectivity index (χ3n) is 2.97. The van der Waals surface area contributed by atoms with Crippen LogP contribution in [0.3, 0.4) is 0 Å². The molecule has 1 aromatic heterocycles. The highest BCUT2D eigenvalue weighted by molar-refractivity contribution is 5.59.